The fourth-order valence-corrected chi connectivity index (χ4v) is 5.77. The maximum atomic E-state index is 12.9. The summed E-state index contributed by atoms with van der Waals surface area (Å²) in [7, 11) is 0. The molecule has 2 aromatic rings. The maximum Gasteiger partial charge on any atom is 0.252 e. The van der Waals surface area contributed by atoms with Crippen molar-refractivity contribution < 1.29 is 9.90 Å². The number of halogens is 1. The first kappa shape index (κ1) is 26.5. The SMILES string of the molecule is O=C(NCC12CCCC(CCC1)C2)c1cc(NCCNCC(O)c2ccccc2)ccc1Cl.[CH2]. The molecule has 0 aliphatic heterocycles. The van der Waals surface area contributed by atoms with Crippen LogP contribution in [0.2, 0.25) is 5.02 Å². The van der Waals surface area contributed by atoms with Crippen LogP contribution >= 0.6 is 11.6 Å². The van der Waals surface area contributed by atoms with Crippen LogP contribution in [0.3, 0.4) is 0 Å². The Morgan fingerprint density at radius 1 is 1.09 bits per heavy atom. The molecule has 34 heavy (non-hydrogen) atoms. The summed E-state index contributed by atoms with van der Waals surface area (Å²) in [5.74, 6) is 0.762. The Hall–Kier alpha value is -2.08. The molecule has 2 fully saturated rings. The highest BCUT2D eigenvalue weighted by Gasteiger charge is 2.39. The number of benzene rings is 2. The van der Waals surface area contributed by atoms with E-state index in [1.165, 1.54) is 44.9 Å². The number of aliphatic hydroxyl groups is 1. The van der Waals surface area contributed by atoms with Crippen LogP contribution in [0.15, 0.2) is 48.5 Å². The fourth-order valence-electron chi connectivity index (χ4n) is 5.57. The van der Waals surface area contributed by atoms with Gasteiger partial charge in [0, 0.05) is 31.9 Å². The van der Waals surface area contributed by atoms with Crippen LogP contribution in [-0.4, -0.2) is 37.2 Å². The number of fused-ring (bicyclic) bond motifs is 2. The van der Waals surface area contributed by atoms with E-state index in [9.17, 15) is 9.90 Å². The zero-order chi connectivity index (χ0) is 23.1. The molecular formula is C28H38ClN3O2. The van der Waals surface area contributed by atoms with Gasteiger partial charge in [0.2, 0.25) is 0 Å². The van der Waals surface area contributed by atoms with Crippen molar-refractivity contribution in [3.63, 3.8) is 0 Å². The molecule has 2 bridgehead atoms. The summed E-state index contributed by atoms with van der Waals surface area (Å²) in [6.45, 7) is 2.61. The van der Waals surface area contributed by atoms with Crippen LogP contribution in [0.5, 0.6) is 0 Å². The third kappa shape index (κ3) is 6.97. The van der Waals surface area contributed by atoms with Gasteiger partial charge in [-0.05, 0) is 54.4 Å². The molecule has 4 N–H and O–H groups in total. The Labute approximate surface area is 209 Å². The third-order valence-corrected chi connectivity index (χ3v) is 7.68. The molecule has 184 valence electrons. The molecule has 6 heteroatoms. The molecule has 5 nitrogen and oxygen atoms in total. The largest absolute Gasteiger partial charge is 0.387 e. The average Bonchev–Trinajstić information content (AvgIpc) is 2.84. The van der Waals surface area contributed by atoms with Gasteiger partial charge in [-0.15, -0.1) is 0 Å². The highest BCUT2D eigenvalue weighted by Crippen LogP contribution is 2.48. The lowest BCUT2D eigenvalue weighted by Crippen LogP contribution is -2.43. The summed E-state index contributed by atoms with van der Waals surface area (Å²) < 4.78 is 0. The van der Waals surface area contributed by atoms with Crippen molar-refractivity contribution in [3.05, 3.63) is 72.1 Å². The molecule has 1 atom stereocenters. The normalized spacial score (nSPS) is 22.4. The number of amides is 1. The van der Waals surface area contributed by atoms with E-state index in [1.807, 2.05) is 42.5 Å². The zero-order valence-corrected chi connectivity index (χ0v) is 20.7. The fraction of sp³-hybridized carbons (Fsp3) is 0.500. The maximum absolute atomic E-state index is 12.9. The van der Waals surface area contributed by atoms with Crippen molar-refractivity contribution >= 4 is 23.2 Å². The Balaban J connectivity index is 0.00000324. The summed E-state index contributed by atoms with van der Waals surface area (Å²) in [5, 5.41) is 20.5. The molecule has 0 saturated heterocycles. The van der Waals surface area contributed by atoms with Crippen LogP contribution in [-0.2, 0) is 0 Å². The van der Waals surface area contributed by atoms with Gasteiger partial charge < -0.3 is 21.1 Å². The van der Waals surface area contributed by atoms with Crippen molar-refractivity contribution in [2.75, 3.05) is 31.5 Å². The van der Waals surface area contributed by atoms with Gasteiger partial charge in [-0.25, -0.2) is 0 Å². The van der Waals surface area contributed by atoms with E-state index >= 15 is 0 Å². The lowest BCUT2D eigenvalue weighted by Gasteiger charge is -2.45. The predicted octanol–water partition coefficient (Wildman–Crippen LogP) is 5.49. The minimum atomic E-state index is -0.528. The van der Waals surface area contributed by atoms with Gasteiger partial charge in [0.25, 0.3) is 5.91 Å². The van der Waals surface area contributed by atoms with E-state index in [1.54, 1.807) is 6.07 Å². The molecule has 0 heterocycles. The molecule has 2 aromatic carbocycles. The molecule has 2 radical (unpaired) electrons. The van der Waals surface area contributed by atoms with Crippen LogP contribution in [0.25, 0.3) is 0 Å². The Bertz CT molecular complexity index is 911. The van der Waals surface area contributed by atoms with E-state index in [-0.39, 0.29) is 18.7 Å². The first-order valence-corrected chi connectivity index (χ1v) is 12.7. The van der Waals surface area contributed by atoms with Crippen LogP contribution in [0, 0.1) is 18.8 Å². The van der Waals surface area contributed by atoms with Crippen molar-refractivity contribution in [3.8, 4) is 0 Å². The van der Waals surface area contributed by atoms with E-state index in [0.29, 0.717) is 30.2 Å². The van der Waals surface area contributed by atoms with Gasteiger partial charge in [0.15, 0.2) is 0 Å². The standard InChI is InChI=1S/C27H36ClN3O2.CH2/c28-24-11-10-22(30-15-14-29-18-25(32)21-8-2-1-3-9-21)16-23(24)26(33)31-19-27-12-4-6-20(17-27)7-5-13-27;/h1-3,8-11,16,20,25,29-30,32H,4-7,12-15,17-19H2,(H,31,33);1H2. The van der Waals surface area contributed by atoms with Crippen LogP contribution < -0.4 is 16.0 Å². The summed E-state index contributed by atoms with van der Waals surface area (Å²) in [6, 6.07) is 15.1. The third-order valence-electron chi connectivity index (χ3n) is 7.35. The molecule has 2 saturated carbocycles. The minimum Gasteiger partial charge on any atom is -0.387 e. The second-order valence-electron chi connectivity index (χ2n) is 9.79. The highest BCUT2D eigenvalue weighted by molar-refractivity contribution is 6.34. The number of nitrogens with one attached hydrogen (secondary N) is 3. The first-order valence-electron chi connectivity index (χ1n) is 12.3. The van der Waals surface area contributed by atoms with Crippen molar-refractivity contribution in [1.82, 2.24) is 10.6 Å². The number of hydrogen-bond acceptors (Lipinski definition) is 4. The van der Waals surface area contributed by atoms with Crippen LogP contribution in [0.1, 0.15) is 67.0 Å². The summed E-state index contributed by atoms with van der Waals surface area (Å²) in [6.07, 6.45) is 8.48. The van der Waals surface area contributed by atoms with Crippen LogP contribution in [0.4, 0.5) is 5.69 Å². The monoisotopic (exact) mass is 483 g/mol. The minimum absolute atomic E-state index is 0. The number of carbonyl (C=O) groups is 1. The molecule has 4 rings (SSSR count). The molecule has 1 amide bonds. The van der Waals surface area contributed by atoms with Crippen molar-refractivity contribution in [1.29, 1.82) is 0 Å². The number of aliphatic hydroxyl groups excluding tert-OH is 1. The Kier molecular flexibility index (Phi) is 9.81. The van der Waals surface area contributed by atoms with Crippen molar-refractivity contribution in [2.45, 2.75) is 51.0 Å². The molecule has 2 aliphatic carbocycles. The molecular weight excluding hydrogens is 446 g/mol. The lowest BCUT2D eigenvalue weighted by atomic mass is 9.62. The topological polar surface area (TPSA) is 73.4 Å². The molecule has 0 spiro atoms. The van der Waals surface area contributed by atoms with Gasteiger partial charge in [-0.2, -0.15) is 0 Å². The molecule has 2 aliphatic rings. The van der Waals surface area contributed by atoms with E-state index in [0.717, 1.165) is 23.7 Å². The zero-order valence-electron chi connectivity index (χ0n) is 20.0. The summed E-state index contributed by atoms with van der Waals surface area (Å²) >= 11 is 6.36. The van der Waals surface area contributed by atoms with Gasteiger partial charge >= 0.3 is 0 Å². The van der Waals surface area contributed by atoms with E-state index in [4.69, 9.17) is 11.6 Å². The number of hydrogen-bond donors (Lipinski definition) is 4. The second-order valence-corrected chi connectivity index (χ2v) is 10.2. The van der Waals surface area contributed by atoms with Gasteiger partial charge in [-0.3, -0.25) is 4.79 Å². The number of carbonyl (C=O) groups excluding carboxylic acids is 1. The number of rotatable bonds is 10. The Morgan fingerprint density at radius 2 is 1.82 bits per heavy atom. The highest BCUT2D eigenvalue weighted by atomic mass is 35.5. The smallest absolute Gasteiger partial charge is 0.252 e. The molecule has 1 unspecified atom stereocenters. The quantitative estimate of drug-likeness (QED) is 0.337. The second kappa shape index (κ2) is 12.6. The average molecular weight is 484 g/mol. The van der Waals surface area contributed by atoms with Gasteiger partial charge in [0.1, 0.15) is 0 Å². The Morgan fingerprint density at radius 3 is 2.56 bits per heavy atom. The molecule has 0 aromatic heterocycles. The van der Waals surface area contributed by atoms with E-state index in [2.05, 4.69) is 16.0 Å². The van der Waals surface area contributed by atoms with Gasteiger partial charge in [-0.1, -0.05) is 75.0 Å². The first-order chi connectivity index (χ1) is 16.0. The lowest BCUT2D eigenvalue weighted by molar-refractivity contribution is 0.0682. The van der Waals surface area contributed by atoms with Crippen molar-refractivity contribution in [2.24, 2.45) is 11.3 Å². The number of anilines is 1. The van der Waals surface area contributed by atoms with Gasteiger partial charge in [0.05, 0.1) is 16.7 Å². The van der Waals surface area contributed by atoms with E-state index < -0.39 is 6.10 Å². The summed E-state index contributed by atoms with van der Waals surface area (Å²) in [5.41, 5.74) is 2.58. The predicted molar refractivity (Wildman–Crippen MR) is 140 cm³/mol. The summed E-state index contributed by atoms with van der Waals surface area (Å²) in [4.78, 5) is 12.9.